The monoisotopic (exact) mass is 324 g/mol. The third-order valence-electron chi connectivity index (χ3n) is 3.13. The van der Waals surface area contributed by atoms with Gasteiger partial charge in [-0.25, -0.2) is 0 Å². The van der Waals surface area contributed by atoms with E-state index in [0.717, 1.165) is 38.5 Å². The number of methoxy groups -OCH3 is 2. The molecular weight excluding hydrogens is 314 g/mol. The smallest absolute Gasteiger partial charge is 0.420 e. The molecular formula is C14H10F6O2. The molecule has 0 spiro atoms. The second kappa shape index (κ2) is 5.26. The SMILES string of the molecule is COc1ccc2c(C(F)(F)F)c(OC)ccc2c1C(F)(F)F. The van der Waals surface area contributed by atoms with Gasteiger partial charge in [0.05, 0.1) is 14.2 Å². The van der Waals surface area contributed by atoms with Gasteiger partial charge in [0.25, 0.3) is 0 Å². The van der Waals surface area contributed by atoms with Crippen molar-refractivity contribution in [3.63, 3.8) is 0 Å². The van der Waals surface area contributed by atoms with Crippen molar-refractivity contribution < 1.29 is 35.8 Å². The molecule has 0 bridgehead atoms. The van der Waals surface area contributed by atoms with Crippen molar-refractivity contribution in [3.05, 3.63) is 35.4 Å². The van der Waals surface area contributed by atoms with Crippen LogP contribution >= 0.6 is 0 Å². The molecule has 0 aliphatic carbocycles. The molecule has 0 N–H and O–H groups in total. The van der Waals surface area contributed by atoms with Gasteiger partial charge in [-0.05, 0) is 35.0 Å². The van der Waals surface area contributed by atoms with Crippen LogP contribution in [0.4, 0.5) is 26.3 Å². The summed E-state index contributed by atoms with van der Waals surface area (Å²) < 4.78 is 88.4. The molecule has 2 aromatic rings. The van der Waals surface area contributed by atoms with Crippen LogP contribution < -0.4 is 9.47 Å². The fourth-order valence-electron chi connectivity index (χ4n) is 2.29. The van der Waals surface area contributed by atoms with E-state index in [2.05, 4.69) is 9.47 Å². The van der Waals surface area contributed by atoms with Gasteiger partial charge in [0, 0.05) is 0 Å². The third kappa shape index (κ3) is 2.65. The molecule has 2 nitrogen and oxygen atoms in total. The summed E-state index contributed by atoms with van der Waals surface area (Å²) in [5.74, 6) is -1.09. The fraction of sp³-hybridized carbons (Fsp3) is 0.286. The van der Waals surface area contributed by atoms with Crippen molar-refractivity contribution in [2.24, 2.45) is 0 Å². The molecule has 0 saturated heterocycles. The lowest BCUT2D eigenvalue weighted by atomic mass is 9.97. The molecule has 0 aliphatic heterocycles. The molecule has 2 rings (SSSR count). The zero-order valence-corrected chi connectivity index (χ0v) is 11.4. The molecule has 0 unspecified atom stereocenters. The first-order valence-corrected chi connectivity index (χ1v) is 5.93. The van der Waals surface area contributed by atoms with E-state index in [1.54, 1.807) is 0 Å². The molecule has 0 heterocycles. The Balaban J connectivity index is 2.97. The summed E-state index contributed by atoms with van der Waals surface area (Å²) in [5.41, 5.74) is -2.50. The quantitative estimate of drug-likeness (QED) is 0.732. The number of halogens is 6. The molecule has 22 heavy (non-hydrogen) atoms. The Hall–Kier alpha value is -2.12. The Bertz CT molecular complexity index is 642. The van der Waals surface area contributed by atoms with E-state index in [1.807, 2.05) is 0 Å². The van der Waals surface area contributed by atoms with Crippen LogP contribution in [-0.4, -0.2) is 14.2 Å². The highest BCUT2D eigenvalue weighted by atomic mass is 19.4. The van der Waals surface area contributed by atoms with Crippen LogP contribution in [0.25, 0.3) is 10.8 Å². The summed E-state index contributed by atoms with van der Waals surface area (Å²) in [5, 5.41) is -1.19. The molecule has 120 valence electrons. The molecule has 0 fully saturated rings. The van der Waals surface area contributed by atoms with E-state index in [-0.39, 0.29) is 0 Å². The van der Waals surface area contributed by atoms with Crippen LogP contribution in [0.3, 0.4) is 0 Å². The second-order valence-corrected chi connectivity index (χ2v) is 4.38. The fourth-order valence-corrected chi connectivity index (χ4v) is 2.29. The summed E-state index contributed by atoms with van der Waals surface area (Å²) in [4.78, 5) is 0. The Labute approximate surface area is 121 Å². The van der Waals surface area contributed by atoms with Crippen LogP contribution in [-0.2, 0) is 12.4 Å². The second-order valence-electron chi connectivity index (χ2n) is 4.38. The van der Waals surface area contributed by atoms with Crippen LogP contribution in [0.15, 0.2) is 24.3 Å². The van der Waals surface area contributed by atoms with Crippen molar-refractivity contribution in [2.75, 3.05) is 14.2 Å². The van der Waals surface area contributed by atoms with Crippen LogP contribution in [0.1, 0.15) is 11.1 Å². The molecule has 0 radical (unpaired) electrons. The minimum atomic E-state index is -4.86. The van der Waals surface area contributed by atoms with E-state index >= 15 is 0 Å². The number of hydrogen-bond acceptors (Lipinski definition) is 2. The summed E-state index contributed by atoms with van der Waals surface area (Å²) >= 11 is 0. The number of benzene rings is 2. The van der Waals surface area contributed by atoms with Gasteiger partial charge in [-0.3, -0.25) is 0 Å². The summed E-state index contributed by atoms with van der Waals surface area (Å²) in [6.07, 6.45) is -9.72. The largest absolute Gasteiger partial charge is 0.496 e. The first kappa shape index (κ1) is 16.3. The highest BCUT2D eigenvalue weighted by Crippen LogP contribution is 2.47. The molecule has 0 saturated carbocycles. The highest BCUT2D eigenvalue weighted by Gasteiger charge is 2.40. The van der Waals surface area contributed by atoms with E-state index in [9.17, 15) is 26.3 Å². The summed E-state index contributed by atoms with van der Waals surface area (Å²) in [7, 11) is 2.04. The Kier molecular flexibility index (Phi) is 3.88. The number of rotatable bonds is 2. The topological polar surface area (TPSA) is 18.5 Å². The molecule has 0 amide bonds. The molecule has 0 atom stereocenters. The minimum Gasteiger partial charge on any atom is -0.496 e. The predicted octanol–water partition coefficient (Wildman–Crippen LogP) is 4.89. The first-order valence-electron chi connectivity index (χ1n) is 5.93. The zero-order chi connectivity index (χ0) is 16.7. The van der Waals surface area contributed by atoms with Crippen LogP contribution in [0, 0.1) is 0 Å². The zero-order valence-electron chi connectivity index (χ0n) is 11.4. The van der Waals surface area contributed by atoms with Crippen molar-refractivity contribution in [3.8, 4) is 11.5 Å². The first-order chi connectivity index (χ1) is 10.1. The number of ether oxygens (including phenoxy) is 2. The van der Waals surface area contributed by atoms with Gasteiger partial charge in [-0.15, -0.1) is 0 Å². The Morgan fingerprint density at radius 3 is 1.18 bits per heavy atom. The highest BCUT2D eigenvalue weighted by molar-refractivity contribution is 5.93. The maximum Gasteiger partial charge on any atom is 0.420 e. The Morgan fingerprint density at radius 1 is 0.636 bits per heavy atom. The van der Waals surface area contributed by atoms with Crippen molar-refractivity contribution in [1.29, 1.82) is 0 Å². The maximum absolute atomic E-state index is 13.2. The van der Waals surface area contributed by atoms with E-state index < -0.39 is 45.8 Å². The normalized spacial score (nSPS) is 12.5. The van der Waals surface area contributed by atoms with Gasteiger partial charge in [-0.2, -0.15) is 26.3 Å². The maximum atomic E-state index is 13.2. The van der Waals surface area contributed by atoms with Crippen molar-refractivity contribution in [1.82, 2.24) is 0 Å². The number of alkyl halides is 6. The van der Waals surface area contributed by atoms with Gasteiger partial charge in [0.15, 0.2) is 0 Å². The van der Waals surface area contributed by atoms with Gasteiger partial charge < -0.3 is 9.47 Å². The van der Waals surface area contributed by atoms with Crippen molar-refractivity contribution >= 4 is 10.8 Å². The molecule has 8 heteroatoms. The predicted molar refractivity (Wildman–Crippen MR) is 67.1 cm³/mol. The molecule has 2 aromatic carbocycles. The van der Waals surface area contributed by atoms with Gasteiger partial charge in [0.2, 0.25) is 0 Å². The lowest BCUT2D eigenvalue weighted by molar-refractivity contribution is -0.139. The van der Waals surface area contributed by atoms with Crippen molar-refractivity contribution in [2.45, 2.75) is 12.4 Å². The average molecular weight is 324 g/mol. The number of fused-ring (bicyclic) bond motifs is 1. The van der Waals surface area contributed by atoms with Gasteiger partial charge in [0.1, 0.15) is 22.6 Å². The molecule has 0 aliphatic rings. The Morgan fingerprint density at radius 2 is 0.955 bits per heavy atom. The summed E-state index contributed by atoms with van der Waals surface area (Å²) in [6.45, 7) is 0. The standard InChI is InChI=1S/C14H10F6O2/c1-21-9-5-3-8-7(11(9)13(15,16)17)4-6-10(22-2)12(8)14(18,19)20/h3-6H,1-2H3. The minimum absolute atomic E-state index is 0.543. The third-order valence-corrected chi connectivity index (χ3v) is 3.13. The average Bonchev–Trinajstić information content (AvgIpc) is 2.42. The lowest BCUT2D eigenvalue weighted by Gasteiger charge is -2.19. The van der Waals surface area contributed by atoms with E-state index in [1.165, 1.54) is 0 Å². The lowest BCUT2D eigenvalue weighted by Crippen LogP contribution is -2.12. The van der Waals surface area contributed by atoms with Gasteiger partial charge >= 0.3 is 12.4 Å². The summed E-state index contributed by atoms with van der Waals surface area (Å²) in [6, 6.07) is 3.60. The van der Waals surface area contributed by atoms with Gasteiger partial charge in [-0.1, -0.05) is 0 Å². The molecule has 0 aromatic heterocycles. The number of hydrogen-bond donors (Lipinski definition) is 0. The van der Waals surface area contributed by atoms with Crippen LogP contribution in [0.2, 0.25) is 0 Å². The van der Waals surface area contributed by atoms with E-state index in [4.69, 9.17) is 0 Å². The van der Waals surface area contributed by atoms with Crippen LogP contribution in [0.5, 0.6) is 11.5 Å². The van der Waals surface area contributed by atoms with E-state index in [0.29, 0.717) is 0 Å².